The summed E-state index contributed by atoms with van der Waals surface area (Å²) >= 11 is 0. The summed E-state index contributed by atoms with van der Waals surface area (Å²) < 4.78 is 0. The van der Waals surface area contributed by atoms with Crippen LogP contribution in [0.1, 0.15) is 29.2 Å². The van der Waals surface area contributed by atoms with E-state index in [4.69, 9.17) is 0 Å². The van der Waals surface area contributed by atoms with Crippen molar-refractivity contribution in [3.05, 3.63) is 81.8 Å². The normalized spacial score (nSPS) is 18.3. The van der Waals surface area contributed by atoms with E-state index in [2.05, 4.69) is 59.3 Å². The van der Waals surface area contributed by atoms with E-state index in [1.54, 1.807) is 0 Å². The maximum Gasteiger partial charge on any atom is 0.256 e. The molecule has 0 radical (unpaired) electrons. The molecular weight excluding hydrogens is 296 g/mol. The second-order valence-electron chi connectivity index (χ2n) is 6.80. The molecule has 2 heterocycles. The van der Waals surface area contributed by atoms with Crippen LogP contribution in [0.4, 0.5) is 0 Å². The fourth-order valence-corrected chi connectivity index (χ4v) is 3.75. The maximum atomic E-state index is 12.4. The number of rotatable bonds is 3. The van der Waals surface area contributed by atoms with Crippen molar-refractivity contribution in [2.45, 2.75) is 25.8 Å². The van der Waals surface area contributed by atoms with Gasteiger partial charge in [0.25, 0.3) is 5.56 Å². The molecule has 24 heavy (non-hydrogen) atoms. The smallest absolute Gasteiger partial charge is 0.256 e. The van der Waals surface area contributed by atoms with Crippen LogP contribution >= 0.6 is 0 Å². The van der Waals surface area contributed by atoms with Gasteiger partial charge in [0.1, 0.15) is 0 Å². The molecule has 1 fully saturated rings. The molecule has 1 aliphatic heterocycles. The Labute approximate surface area is 141 Å². The van der Waals surface area contributed by atoms with Crippen molar-refractivity contribution in [2.75, 3.05) is 13.1 Å². The molecule has 0 bridgehead atoms. The number of hydrogen-bond acceptors (Lipinski definition) is 2. The second-order valence-corrected chi connectivity index (χ2v) is 6.80. The van der Waals surface area contributed by atoms with Crippen LogP contribution in [0.25, 0.3) is 10.8 Å². The summed E-state index contributed by atoms with van der Waals surface area (Å²) in [5.41, 5.74) is 3.63. The molecular formula is C21H22N2O. The van der Waals surface area contributed by atoms with Crippen molar-refractivity contribution >= 4 is 10.8 Å². The van der Waals surface area contributed by atoms with Gasteiger partial charge in [-0.25, -0.2) is 0 Å². The molecule has 1 aromatic heterocycles. The lowest BCUT2D eigenvalue weighted by Crippen LogP contribution is -2.20. The molecule has 122 valence electrons. The van der Waals surface area contributed by atoms with Crippen molar-refractivity contribution in [3.63, 3.8) is 0 Å². The fraction of sp³-hybridized carbons (Fsp3) is 0.286. The largest absolute Gasteiger partial charge is 0.325 e. The van der Waals surface area contributed by atoms with E-state index >= 15 is 0 Å². The molecule has 0 amide bonds. The van der Waals surface area contributed by atoms with Gasteiger partial charge in [0, 0.05) is 30.1 Å². The Hall–Kier alpha value is -2.39. The zero-order valence-corrected chi connectivity index (χ0v) is 14.0. The Morgan fingerprint density at radius 1 is 1.08 bits per heavy atom. The Kier molecular flexibility index (Phi) is 3.95. The highest BCUT2D eigenvalue weighted by Gasteiger charge is 2.25. The number of likely N-dealkylation sites (tertiary alicyclic amines) is 1. The highest BCUT2D eigenvalue weighted by atomic mass is 16.1. The maximum absolute atomic E-state index is 12.4. The molecule has 3 heteroatoms. The summed E-state index contributed by atoms with van der Waals surface area (Å²) in [6.45, 7) is 5.13. The number of hydrogen-bond donors (Lipinski definition) is 1. The predicted molar refractivity (Wildman–Crippen MR) is 98.4 cm³/mol. The van der Waals surface area contributed by atoms with Gasteiger partial charge in [0.05, 0.1) is 0 Å². The molecule has 3 aromatic rings. The Morgan fingerprint density at radius 3 is 2.75 bits per heavy atom. The van der Waals surface area contributed by atoms with E-state index < -0.39 is 0 Å². The SMILES string of the molecule is Cc1cccc2c(=O)[nH]c(C3CCN(Cc4ccccc4)C3)cc12. The van der Waals surface area contributed by atoms with Crippen molar-refractivity contribution in [3.8, 4) is 0 Å². The van der Waals surface area contributed by atoms with Gasteiger partial charge < -0.3 is 4.98 Å². The predicted octanol–water partition coefficient (Wildman–Crippen LogP) is 3.83. The Morgan fingerprint density at radius 2 is 1.92 bits per heavy atom. The van der Waals surface area contributed by atoms with Crippen LogP contribution in [0.15, 0.2) is 59.4 Å². The van der Waals surface area contributed by atoms with Crippen LogP contribution in [0.2, 0.25) is 0 Å². The summed E-state index contributed by atoms with van der Waals surface area (Å²) in [5, 5.41) is 1.87. The summed E-state index contributed by atoms with van der Waals surface area (Å²) in [7, 11) is 0. The molecule has 2 aromatic carbocycles. The molecule has 1 saturated heterocycles. The van der Waals surface area contributed by atoms with E-state index in [-0.39, 0.29) is 5.56 Å². The topological polar surface area (TPSA) is 36.1 Å². The fourth-order valence-electron chi connectivity index (χ4n) is 3.75. The number of nitrogens with one attached hydrogen (secondary N) is 1. The third kappa shape index (κ3) is 2.87. The lowest BCUT2D eigenvalue weighted by Gasteiger charge is -2.16. The minimum absolute atomic E-state index is 0.0349. The van der Waals surface area contributed by atoms with E-state index in [1.807, 2.05) is 12.1 Å². The van der Waals surface area contributed by atoms with Crippen LogP contribution in [0.3, 0.4) is 0 Å². The van der Waals surface area contributed by atoms with Crippen molar-refractivity contribution in [1.82, 2.24) is 9.88 Å². The average molecular weight is 318 g/mol. The Balaban J connectivity index is 1.58. The number of H-pyrrole nitrogens is 1. The Bertz CT molecular complexity index is 914. The van der Waals surface area contributed by atoms with Gasteiger partial charge in [0.15, 0.2) is 0 Å². The zero-order valence-electron chi connectivity index (χ0n) is 14.0. The first-order chi connectivity index (χ1) is 11.7. The monoisotopic (exact) mass is 318 g/mol. The number of aromatic nitrogens is 1. The van der Waals surface area contributed by atoms with Gasteiger partial charge in [-0.15, -0.1) is 0 Å². The van der Waals surface area contributed by atoms with E-state index in [1.165, 1.54) is 11.1 Å². The number of benzene rings is 2. The minimum atomic E-state index is 0.0349. The van der Waals surface area contributed by atoms with Crippen LogP contribution in [0.5, 0.6) is 0 Å². The van der Waals surface area contributed by atoms with Crippen molar-refractivity contribution in [2.24, 2.45) is 0 Å². The van der Waals surface area contributed by atoms with E-state index in [9.17, 15) is 4.79 Å². The number of nitrogens with zero attached hydrogens (tertiary/aromatic N) is 1. The van der Waals surface area contributed by atoms with Gasteiger partial charge >= 0.3 is 0 Å². The van der Waals surface area contributed by atoms with Gasteiger partial charge in [-0.1, -0.05) is 42.5 Å². The molecule has 0 spiro atoms. The molecule has 1 unspecified atom stereocenters. The number of fused-ring (bicyclic) bond motifs is 1. The summed E-state index contributed by atoms with van der Waals surface area (Å²) in [6, 6.07) is 18.7. The first-order valence-electron chi connectivity index (χ1n) is 8.59. The van der Waals surface area contributed by atoms with Gasteiger partial charge in [-0.05, 0) is 48.5 Å². The van der Waals surface area contributed by atoms with Gasteiger partial charge in [-0.3, -0.25) is 9.69 Å². The van der Waals surface area contributed by atoms with E-state index in [0.717, 1.165) is 42.5 Å². The van der Waals surface area contributed by atoms with Crippen LogP contribution in [-0.4, -0.2) is 23.0 Å². The molecule has 0 saturated carbocycles. The number of aromatic amines is 1. The van der Waals surface area contributed by atoms with Gasteiger partial charge in [-0.2, -0.15) is 0 Å². The third-order valence-electron chi connectivity index (χ3n) is 5.09. The highest BCUT2D eigenvalue weighted by molar-refractivity contribution is 5.85. The first-order valence-corrected chi connectivity index (χ1v) is 8.59. The lowest BCUT2D eigenvalue weighted by molar-refractivity contribution is 0.326. The minimum Gasteiger partial charge on any atom is -0.325 e. The number of aryl methyl sites for hydroxylation is 1. The van der Waals surface area contributed by atoms with Crippen LogP contribution < -0.4 is 5.56 Å². The van der Waals surface area contributed by atoms with E-state index in [0.29, 0.717) is 5.92 Å². The molecule has 1 aliphatic rings. The molecule has 1 N–H and O–H groups in total. The summed E-state index contributed by atoms with van der Waals surface area (Å²) in [5.74, 6) is 0.408. The average Bonchev–Trinajstić information content (AvgIpc) is 3.05. The third-order valence-corrected chi connectivity index (χ3v) is 5.09. The first kappa shape index (κ1) is 15.2. The molecule has 0 aliphatic carbocycles. The van der Waals surface area contributed by atoms with Crippen molar-refractivity contribution < 1.29 is 0 Å². The van der Waals surface area contributed by atoms with Crippen LogP contribution in [-0.2, 0) is 6.54 Å². The highest BCUT2D eigenvalue weighted by Crippen LogP contribution is 2.28. The standard InChI is InChI=1S/C21H22N2O/c1-15-6-5-9-18-19(15)12-20(22-21(18)24)17-10-11-23(14-17)13-16-7-3-2-4-8-16/h2-9,12,17H,10-11,13-14H2,1H3,(H,22,24). The zero-order chi connectivity index (χ0) is 16.5. The molecule has 1 atom stereocenters. The van der Waals surface area contributed by atoms with Crippen LogP contribution in [0, 0.1) is 6.92 Å². The summed E-state index contributed by atoms with van der Waals surface area (Å²) in [6.07, 6.45) is 1.10. The number of pyridine rings is 1. The summed E-state index contributed by atoms with van der Waals surface area (Å²) in [4.78, 5) is 18.0. The van der Waals surface area contributed by atoms with Gasteiger partial charge in [0.2, 0.25) is 0 Å². The molecule has 4 rings (SSSR count). The molecule has 3 nitrogen and oxygen atoms in total. The lowest BCUT2D eigenvalue weighted by atomic mass is 10.00. The second kappa shape index (κ2) is 6.25. The quantitative estimate of drug-likeness (QED) is 0.797. The van der Waals surface area contributed by atoms with Crippen molar-refractivity contribution in [1.29, 1.82) is 0 Å².